The Morgan fingerprint density at radius 2 is 1.87 bits per heavy atom. The molecular formula is C20H20N2O7S. The minimum Gasteiger partial charge on any atom is -0.493 e. The summed E-state index contributed by atoms with van der Waals surface area (Å²) in [7, 11) is 4.48. The molecule has 2 aromatic rings. The van der Waals surface area contributed by atoms with Gasteiger partial charge in [0, 0.05) is 13.1 Å². The van der Waals surface area contributed by atoms with E-state index in [1.54, 1.807) is 24.3 Å². The third-order valence-electron chi connectivity index (χ3n) is 4.22. The molecule has 10 heteroatoms. The number of benzene rings is 1. The van der Waals surface area contributed by atoms with Crippen molar-refractivity contribution < 1.29 is 33.0 Å². The molecular weight excluding hydrogens is 412 g/mol. The predicted molar refractivity (Wildman–Crippen MR) is 110 cm³/mol. The Kier molecular flexibility index (Phi) is 6.68. The highest BCUT2D eigenvalue weighted by Gasteiger charge is 2.34. The second kappa shape index (κ2) is 9.40. The van der Waals surface area contributed by atoms with Gasteiger partial charge in [0.2, 0.25) is 5.75 Å². The molecule has 1 aliphatic rings. The second-order valence-electron chi connectivity index (χ2n) is 6.03. The van der Waals surface area contributed by atoms with Crippen LogP contribution in [0.3, 0.4) is 0 Å². The van der Waals surface area contributed by atoms with Gasteiger partial charge in [-0.1, -0.05) is 0 Å². The summed E-state index contributed by atoms with van der Waals surface area (Å²) >= 11 is 0.825. The number of thioether (sulfide) groups is 1. The molecule has 2 heterocycles. The normalized spacial score (nSPS) is 14.9. The zero-order valence-corrected chi connectivity index (χ0v) is 17.4. The molecule has 0 unspecified atom stereocenters. The van der Waals surface area contributed by atoms with Crippen LogP contribution in [0, 0.1) is 0 Å². The highest BCUT2D eigenvalue weighted by molar-refractivity contribution is 8.18. The summed E-state index contributed by atoms with van der Waals surface area (Å²) in [6.07, 6.45) is 2.97. The van der Waals surface area contributed by atoms with Crippen LogP contribution >= 0.6 is 11.8 Å². The zero-order chi connectivity index (χ0) is 21.7. The van der Waals surface area contributed by atoms with E-state index < -0.39 is 17.1 Å². The first kappa shape index (κ1) is 21.3. The smallest absolute Gasteiger partial charge is 0.293 e. The van der Waals surface area contributed by atoms with Crippen molar-refractivity contribution in [3.8, 4) is 17.2 Å². The lowest BCUT2D eigenvalue weighted by molar-refractivity contribution is -0.122. The van der Waals surface area contributed by atoms with Crippen molar-refractivity contribution in [1.82, 2.24) is 10.2 Å². The largest absolute Gasteiger partial charge is 0.493 e. The molecule has 0 radical (unpaired) electrons. The van der Waals surface area contributed by atoms with Gasteiger partial charge in [-0.15, -0.1) is 0 Å². The van der Waals surface area contributed by atoms with Gasteiger partial charge in [0.25, 0.3) is 17.1 Å². The third-order valence-corrected chi connectivity index (χ3v) is 5.13. The molecule has 1 saturated heterocycles. The van der Waals surface area contributed by atoms with E-state index in [-0.39, 0.29) is 23.8 Å². The molecule has 0 aliphatic carbocycles. The van der Waals surface area contributed by atoms with Crippen LogP contribution in [0.2, 0.25) is 0 Å². The Morgan fingerprint density at radius 1 is 1.17 bits per heavy atom. The van der Waals surface area contributed by atoms with Gasteiger partial charge in [-0.25, -0.2) is 0 Å². The van der Waals surface area contributed by atoms with Gasteiger partial charge in [-0.05, 0) is 47.7 Å². The minimum atomic E-state index is -0.439. The number of nitrogens with one attached hydrogen (secondary N) is 1. The molecule has 3 amide bonds. The molecule has 0 spiro atoms. The van der Waals surface area contributed by atoms with E-state index in [1.165, 1.54) is 33.7 Å². The SMILES string of the molecule is COc1cc(C=C2SC(=O)N(CCNC(=O)c3ccco3)C2=O)cc(OC)c1OC. The summed E-state index contributed by atoms with van der Waals surface area (Å²) < 4.78 is 20.9. The topological polar surface area (TPSA) is 107 Å². The Labute approximate surface area is 176 Å². The Morgan fingerprint density at radius 3 is 2.43 bits per heavy atom. The van der Waals surface area contributed by atoms with E-state index in [0.29, 0.717) is 22.8 Å². The second-order valence-corrected chi connectivity index (χ2v) is 7.02. The van der Waals surface area contributed by atoms with E-state index in [1.807, 2.05) is 0 Å². The summed E-state index contributed by atoms with van der Waals surface area (Å²) in [5, 5.41) is 2.19. The van der Waals surface area contributed by atoms with Crippen LogP contribution < -0.4 is 19.5 Å². The van der Waals surface area contributed by atoms with Gasteiger partial charge in [0.1, 0.15) is 0 Å². The number of furan rings is 1. The Hall–Kier alpha value is -3.40. The molecule has 1 aromatic heterocycles. The molecule has 0 saturated carbocycles. The van der Waals surface area contributed by atoms with Crippen LogP contribution in [0.4, 0.5) is 4.79 Å². The van der Waals surface area contributed by atoms with Gasteiger partial charge >= 0.3 is 0 Å². The number of carbonyl (C=O) groups is 3. The van der Waals surface area contributed by atoms with Crippen LogP contribution in [-0.2, 0) is 4.79 Å². The van der Waals surface area contributed by atoms with Gasteiger partial charge in [0.15, 0.2) is 17.3 Å². The summed E-state index contributed by atoms with van der Waals surface area (Å²) in [6, 6.07) is 6.48. The van der Waals surface area contributed by atoms with Crippen LogP contribution in [0.5, 0.6) is 17.2 Å². The minimum absolute atomic E-state index is 0.0453. The molecule has 9 nitrogen and oxygen atoms in total. The van der Waals surface area contributed by atoms with Gasteiger partial charge in [-0.3, -0.25) is 19.3 Å². The van der Waals surface area contributed by atoms with Crippen molar-refractivity contribution in [3.05, 3.63) is 46.8 Å². The van der Waals surface area contributed by atoms with Crippen molar-refractivity contribution >= 4 is 34.9 Å². The molecule has 1 N–H and O–H groups in total. The summed E-state index contributed by atoms with van der Waals surface area (Å²) in [5.74, 6) is 0.598. The van der Waals surface area contributed by atoms with E-state index in [9.17, 15) is 14.4 Å². The predicted octanol–water partition coefficient (Wildman–Crippen LogP) is 2.77. The average Bonchev–Trinajstić information content (AvgIpc) is 3.37. The number of carbonyl (C=O) groups excluding carboxylic acids is 3. The maximum Gasteiger partial charge on any atom is 0.293 e. The molecule has 158 valence electrons. The number of ether oxygens (including phenoxy) is 3. The lowest BCUT2D eigenvalue weighted by Crippen LogP contribution is -2.37. The fourth-order valence-corrected chi connectivity index (χ4v) is 3.67. The Bertz CT molecular complexity index is 960. The molecule has 1 aromatic carbocycles. The number of hydrogen-bond acceptors (Lipinski definition) is 8. The lowest BCUT2D eigenvalue weighted by atomic mass is 10.1. The van der Waals surface area contributed by atoms with Crippen molar-refractivity contribution in [2.24, 2.45) is 0 Å². The number of rotatable bonds is 8. The third kappa shape index (κ3) is 4.43. The van der Waals surface area contributed by atoms with E-state index in [2.05, 4.69) is 5.32 Å². The first-order valence-electron chi connectivity index (χ1n) is 8.85. The van der Waals surface area contributed by atoms with E-state index >= 15 is 0 Å². The summed E-state index contributed by atoms with van der Waals surface area (Å²) in [5.41, 5.74) is 0.612. The van der Waals surface area contributed by atoms with Crippen molar-refractivity contribution in [2.45, 2.75) is 0 Å². The number of amides is 3. The van der Waals surface area contributed by atoms with Crippen LogP contribution in [0.1, 0.15) is 16.1 Å². The first-order chi connectivity index (χ1) is 14.5. The fourth-order valence-electron chi connectivity index (χ4n) is 2.80. The van der Waals surface area contributed by atoms with Crippen molar-refractivity contribution in [2.75, 3.05) is 34.4 Å². The fraction of sp³-hybridized carbons (Fsp3) is 0.250. The molecule has 0 atom stereocenters. The monoisotopic (exact) mass is 432 g/mol. The maximum absolute atomic E-state index is 12.7. The quantitative estimate of drug-likeness (QED) is 0.635. The number of hydrogen-bond donors (Lipinski definition) is 1. The van der Waals surface area contributed by atoms with Gasteiger partial charge < -0.3 is 23.9 Å². The van der Waals surface area contributed by atoms with Crippen LogP contribution in [0.25, 0.3) is 6.08 Å². The average molecular weight is 432 g/mol. The van der Waals surface area contributed by atoms with Crippen LogP contribution in [-0.4, -0.2) is 56.4 Å². The van der Waals surface area contributed by atoms with Gasteiger partial charge in [0.05, 0.1) is 32.5 Å². The van der Waals surface area contributed by atoms with Crippen molar-refractivity contribution in [3.63, 3.8) is 0 Å². The van der Waals surface area contributed by atoms with E-state index in [0.717, 1.165) is 16.7 Å². The lowest BCUT2D eigenvalue weighted by Gasteiger charge is -2.13. The first-order valence-corrected chi connectivity index (χ1v) is 9.67. The molecule has 0 bridgehead atoms. The highest BCUT2D eigenvalue weighted by Crippen LogP contribution is 2.40. The molecule has 1 aliphatic heterocycles. The van der Waals surface area contributed by atoms with E-state index in [4.69, 9.17) is 18.6 Å². The zero-order valence-electron chi connectivity index (χ0n) is 16.6. The summed E-state index contributed by atoms with van der Waals surface area (Å²) in [6.45, 7) is 0.152. The van der Waals surface area contributed by atoms with Crippen molar-refractivity contribution in [1.29, 1.82) is 0 Å². The highest BCUT2D eigenvalue weighted by atomic mass is 32.2. The van der Waals surface area contributed by atoms with Crippen LogP contribution in [0.15, 0.2) is 39.9 Å². The molecule has 3 rings (SSSR count). The maximum atomic E-state index is 12.7. The van der Waals surface area contributed by atoms with Gasteiger partial charge in [-0.2, -0.15) is 0 Å². The molecule has 1 fully saturated rings. The molecule has 30 heavy (non-hydrogen) atoms. The number of imide groups is 1. The summed E-state index contributed by atoms with van der Waals surface area (Å²) in [4.78, 5) is 38.1. The Balaban J connectivity index is 1.71. The number of nitrogens with zero attached hydrogens (tertiary/aromatic N) is 1. The standard InChI is InChI=1S/C20H20N2O7S/c1-26-14-9-12(10-15(27-2)17(14)28-3)11-16-19(24)22(20(25)30-16)7-6-21-18(23)13-5-4-8-29-13/h4-5,8-11H,6-7H2,1-3H3,(H,21,23). The number of methoxy groups -OCH3 is 3.